The van der Waals surface area contributed by atoms with Gasteiger partial charge < -0.3 is 10.1 Å². The van der Waals surface area contributed by atoms with Gasteiger partial charge in [0.1, 0.15) is 12.1 Å². The van der Waals surface area contributed by atoms with E-state index in [-0.39, 0.29) is 11.9 Å². The Morgan fingerprint density at radius 2 is 2.14 bits per heavy atom. The molecule has 0 fully saturated rings. The van der Waals surface area contributed by atoms with Crippen molar-refractivity contribution in [2.45, 2.75) is 18.3 Å². The maximum absolute atomic E-state index is 12.5. The van der Waals surface area contributed by atoms with E-state index >= 15 is 0 Å². The Labute approximate surface area is 126 Å². The zero-order valence-corrected chi connectivity index (χ0v) is 11.9. The van der Waals surface area contributed by atoms with Gasteiger partial charge in [-0.1, -0.05) is 6.07 Å². The molecule has 22 heavy (non-hydrogen) atoms. The number of fused-ring (bicyclic) bond motifs is 3. The molecule has 1 aromatic carbocycles. The van der Waals surface area contributed by atoms with Gasteiger partial charge in [0.25, 0.3) is 0 Å². The summed E-state index contributed by atoms with van der Waals surface area (Å²) < 4.78 is 4.75. The van der Waals surface area contributed by atoms with Crippen LogP contribution in [-0.2, 0) is 27.8 Å². The van der Waals surface area contributed by atoms with Gasteiger partial charge in [0.2, 0.25) is 5.91 Å². The summed E-state index contributed by atoms with van der Waals surface area (Å²) in [5, 5.41) is 2.83. The number of carbonyl (C=O) groups is 2. The van der Waals surface area contributed by atoms with Gasteiger partial charge >= 0.3 is 5.97 Å². The van der Waals surface area contributed by atoms with E-state index in [0.29, 0.717) is 24.2 Å². The molecule has 0 saturated carbocycles. The summed E-state index contributed by atoms with van der Waals surface area (Å²) in [6, 6.07) is 5.44. The number of rotatable bonds is 1. The maximum Gasteiger partial charge on any atom is 0.337 e. The Balaban J connectivity index is 1.79. The van der Waals surface area contributed by atoms with E-state index in [0.717, 1.165) is 16.7 Å². The second kappa shape index (κ2) is 4.37. The Bertz CT molecular complexity index is 818. The average Bonchev–Trinajstić information content (AvgIpc) is 3.05. The van der Waals surface area contributed by atoms with Crippen molar-refractivity contribution in [2.75, 3.05) is 12.4 Å². The zero-order chi connectivity index (χ0) is 15.3. The van der Waals surface area contributed by atoms with Crippen LogP contribution in [-0.4, -0.2) is 29.0 Å². The van der Waals surface area contributed by atoms with Crippen LogP contribution in [0.1, 0.15) is 27.0 Å². The molecule has 0 saturated heterocycles. The molecule has 0 unspecified atom stereocenters. The largest absolute Gasteiger partial charge is 0.465 e. The molecule has 110 valence electrons. The topological polar surface area (TPSA) is 81.2 Å². The molecule has 1 aliphatic heterocycles. The fraction of sp³-hybridized carbons (Fsp3) is 0.250. The minimum atomic E-state index is -0.659. The summed E-state index contributed by atoms with van der Waals surface area (Å²) in [6.45, 7) is 0. The zero-order valence-electron chi connectivity index (χ0n) is 11.9. The predicted molar refractivity (Wildman–Crippen MR) is 77.5 cm³/mol. The smallest absolute Gasteiger partial charge is 0.337 e. The minimum Gasteiger partial charge on any atom is -0.465 e. The third-order valence-corrected chi connectivity index (χ3v) is 4.51. The van der Waals surface area contributed by atoms with Gasteiger partial charge in [0, 0.05) is 11.8 Å². The predicted octanol–water partition coefficient (Wildman–Crippen LogP) is 1.25. The molecule has 6 nitrogen and oxygen atoms in total. The lowest BCUT2D eigenvalue weighted by molar-refractivity contribution is -0.120. The monoisotopic (exact) mass is 295 g/mol. The highest BCUT2D eigenvalue weighted by molar-refractivity contribution is 6.06. The van der Waals surface area contributed by atoms with Crippen molar-refractivity contribution in [3.8, 4) is 0 Å². The van der Waals surface area contributed by atoms with Gasteiger partial charge in [-0.2, -0.15) is 0 Å². The average molecular weight is 295 g/mol. The number of aromatic nitrogens is 2. The Morgan fingerprint density at radius 3 is 2.95 bits per heavy atom. The highest BCUT2D eigenvalue weighted by Gasteiger charge is 2.51. The highest BCUT2D eigenvalue weighted by atomic mass is 16.5. The Hall–Kier alpha value is -2.76. The molecule has 4 rings (SSSR count). The lowest BCUT2D eigenvalue weighted by Crippen LogP contribution is -2.35. The van der Waals surface area contributed by atoms with Gasteiger partial charge in [0.15, 0.2) is 0 Å². The molecule has 1 atom stereocenters. The first-order valence-corrected chi connectivity index (χ1v) is 6.96. The number of hydrogen-bond acceptors (Lipinski definition) is 5. The van der Waals surface area contributed by atoms with Gasteiger partial charge in [-0.3, -0.25) is 4.79 Å². The van der Waals surface area contributed by atoms with Crippen LogP contribution in [0.3, 0.4) is 0 Å². The van der Waals surface area contributed by atoms with Crippen LogP contribution < -0.4 is 5.32 Å². The lowest BCUT2D eigenvalue weighted by Gasteiger charge is -2.19. The molecule has 2 aliphatic rings. The Kier molecular flexibility index (Phi) is 2.57. The molecule has 0 radical (unpaired) electrons. The summed E-state index contributed by atoms with van der Waals surface area (Å²) in [7, 11) is 1.36. The van der Waals surface area contributed by atoms with Crippen molar-refractivity contribution >= 4 is 17.7 Å². The molecule has 2 heterocycles. The number of benzene rings is 1. The SMILES string of the molecule is COC(=O)c1ccc2c(c1)C[C@@]1(C2)C(=O)Nc2ncncc21. The fourth-order valence-electron chi connectivity index (χ4n) is 3.40. The first-order chi connectivity index (χ1) is 10.6. The van der Waals surface area contributed by atoms with Crippen LogP contribution in [0.2, 0.25) is 0 Å². The first kappa shape index (κ1) is 12.9. The number of hydrogen-bond donors (Lipinski definition) is 1. The van der Waals surface area contributed by atoms with Crippen LogP contribution in [0, 0.1) is 0 Å². The van der Waals surface area contributed by atoms with E-state index in [1.165, 1.54) is 13.4 Å². The molecule has 6 heteroatoms. The molecule has 1 spiro atoms. The van der Waals surface area contributed by atoms with Crippen LogP contribution in [0.5, 0.6) is 0 Å². The molecular formula is C16H13N3O3. The van der Waals surface area contributed by atoms with Gasteiger partial charge in [0.05, 0.1) is 18.1 Å². The third kappa shape index (κ3) is 1.60. The van der Waals surface area contributed by atoms with Crippen LogP contribution in [0.15, 0.2) is 30.7 Å². The molecule has 1 amide bonds. The summed E-state index contributed by atoms with van der Waals surface area (Å²) in [5.41, 5.74) is 2.74. The number of amides is 1. The summed E-state index contributed by atoms with van der Waals surface area (Å²) in [6.07, 6.45) is 4.26. The molecule has 0 bridgehead atoms. The van der Waals surface area contributed by atoms with E-state index in [1.807, 2.05) is 12.1 Å². The van der Waals surface area contributed by atoms with E-state index in [1.54, 1.807) is 12.3 Å². The summed E-state index contributed by atoms with van der Waals surface area (Å²) in [5.74, 6) is 0.156. The quantitative estimate of drug-likeness (QED) is 0.801. The van der Waals surface area contributed by atoms with Gasteiger partial charge in [-0.05, 0) is 36.1 Å². The van der Waals surface area contributed by atoms with Crippen LogP contribution in [0.4, 0.5) is 5.82 Å². The van der Waals surface area contributed by atoms with Crippen molar-refractivity contribution in [2.24, 2.45) is 0 Å². The van der Waals surface area contributed by atoms with Crippen molar-refractivity contribution in [3.63, 3.8) is 0 Å². The fourth-order valence-corrected chi connectivity index (χ4v) is 3.40. The molecule has 1 N–H and O–H groups in total. The van der Waals surface area contributed by atoms with E-state index in [2.05, 4.69) is 15.3 Å². The second-order valence-electron chi connectivity index (χ2n) is 5.65. The minimum absolute atomic E-state index is 0.0566. The highest BCUT2D eigenvalue weighted by Crippen LogP contribution is 2.46. The van der Waals surface area contributed by atoms with Gasteiger partial charge in [-0.15, -0.1) is 0 Å². The number of methoxy groups -OCH3 is 1. The first-order valence-electron chi connectivity index (χ1n) is 6.96. The van der Waals surface area contributed by atoms with Crippen molar-refractivity contribution in [3.05, 3.63) is 53.0 Å². The van der Waals surface area contributed by atoms with E-state index in [9.17, 15) is 9.59 Å². The van der Waals surface area contributed by atoms with Crippen LogP contribution in [0.25, 0.3) is 0 Å². The molecular weight excluding hydrogens is 282 g/mol. The lowest BCUT2D eigenvalue weighted by atomic mass is 9.80. The van der Waals surface area contributed by atoms with Gasteiger partial charge in [-0.25, -0.2) is 14.8 Å². The van der Waals surface area contributed by atoms with E-state index < -0.39 is 5.41 Å². The Morgan fingerprint density at radius 1 is 1.32 bits per heavy atom. The van der Waals surface area contributed by atoms with Crippen molar-refractivity contribution in [1.82, 2.24) is 9.97 Å². The van der Waals surface area contributed by atoms with Crippen molar-refractivity contribution in [1.29, 1.82) is 0 Å². The number of ether oxygens (including phenoxy) is 1. The number of nitrogens with one attached hydrogen (secondary N) is 1. The number of anilines is 1. The normalized spacial score (nSPS) is 21.4. The number of esters is 1. The van der Waals surface area contributed by atoms with Crippen LogP contribution >= 0.6 is 0 Å². The molecule has 1 aliphatic carbocycles. The maximum atomic E-state index is 12.5. The molecule has 1 aromatic heterocycles. The number of nitrogens with zero attached hydrogens (tertiary/aromatic N) is 2. The number of carbonyl (C=O) groups excluding carboxylic acids is 2. The van der Waals surface area contributed by atoms with Crippen molar-refractivity contribution < 1.29 is 14.3 Å². The summed E-state index contributed by atoms with van der Waals surface area (Å²) in [4.78, 5) is 32.4. The van der Waals surface area contributed by atoms with E-state index in [4.69, 9.17) is 4.74 Å². The standard InChI is InChI=1S/C16H13N3O3/c1-22-14(20)9-2-3-10-5-16(6-11(10)4-9)12-7-17-8-18-13(12)19-15(16)21/h2-4,7-8H,5-6H2,1H3,(H,17,18,19,21)/t16-/m1/s1. The summed E-state index contributed by atoms with van der Waals surface area (Å²) >= 11 is 0. The molecule has 2 aromatic rings. The second-order valence-corrected chi connectivity index (χ2v) is 5.65. The third-order valence-electron chi connectivity index (χ3n) is 4.51.